The number of anilines is 1. The van der Waals surface area contributed by atoms with Gasteiger partial charge in [0.05, 0.1) is 11.9 Å². The summed E-state index contributed by atoms with van der Waals surface area (Å²) in [5, 5.41) is 0.406. The molecular weight excluding hydrogens is 316 g/mol. The van der Waals surface area contributed by atoms with E-state index in [0.29, 0.717) is 16.5 Å². The smallest absolute Gasteiger partial charge is 0.263 e. The average Bonchev–Trinajstić information content (AvgIpc) is 2.56. The van der Waals surface area contributed by atoms with Crippen molar-refractivity contribution in [2.75, 3.05) is 31.2 Å². The van der Waals surface area contributed by atoms with Crippen molar-refractivity contribution < 1.29 is 17.9 Å². The van der Waals surface area contributed by atoms with Crippen molar-refractivity contribution in [2.45, 2.75) is 12.5 Å². The molecule has 0 bridgehead atoms. The van der Waals surface area contributed by atoms with Gasteiger partial charge in [0.15, 0.2) is 6.10 Å². The minimum atomic E-state index is -3.48. The molecule has 0 saturated carbocycles. The van der Waals surface area contributed by atoms with Gasteiger partial charge in [0.1, 0.15) is 5.75 Å². The molecule has 6 nitrogen and oxygen atoms in total. The van der Waals surface area contributed by atoms with Crippen LogP contribution in [0, 0.1) is 0 Å². The second-order valence-corrected chi connectivity index (χ2v) is 7.42. The molecule has 1 aromatic rings. The van der Waals surface area contributed by atoms with Crippen LogP contribution in [-0.2, 0) is 14.8 Å². The molecule has 1 aliphatic heterocycles. The number of nitrogens with zero attached hydrogens (tertiary/aromatic N) is 2. The molecule has 0 saturated heterocycles. The summed E-state index contributed by atoms with van der Waals surface area (Å²) in [6.07, 6.45) is 0.675. The first-order valence-corrected chi connectivity index (χ1v) is 8.58. The first-order valence-electron chi connectivity index (χ1n) is 6.35. The standard InChI is InChI=1S/C13H17ClN2O4S/c1-15(2)13(17)12-6-7-16(21(3,18)19)10-8-9(14)4-5-11(10)20-12/h4-5,8,12H,6-7H2,1-3H3. The Morgan fingerprint density at radius 1 is 1.43 bits per heavy atom. The monoisotopic (exact) mass is 332 g/mol. The molecule has 1 aliphatic rings. The molecule has 21 heavy (non-hydrogen) atoms. The quantitative estimate of drug-likeness (QED) is 0.820. The molecule has 0 radical (unpaired) electrons. The minimum absolute atomic E-state index is 0.163. The highest BCUT2D eigenvalue weighted by Crippen LogP contribution is 2.36. The second-order valence-electron chi connectivity index (χ2n) is 5.08. The predicted molar refractivity (Wildman–Crippen MR) is 81.4 cm³/mol. The summed E-state index contributed by atoms with van der Waals surface area (Å²) in [6, 6.07) is 4.71. The molecule has 0 spiro atoms. The number of carbonyl (C=O) groups is 1. The van der Waals surface area contributed by atoms with Gasteiger partial charge in [-0.05, 0) is 18.2 Å². The Morgan fingerprint density at radius 2 is 2.10 bits per heavy atom. The number of carbonyl (C=O) groups excluding carboxylic acids is 1. The molecule has 1 heterocycles. The van der Waals surface area contributed by atoms with Crippen molar-refractivity contribution in [3.8, 4) is 5.75 Å². The fourth-order valence-corrected chi connectivity index (χ4v) is 3.26. The third-order valence-electron chi connectivity index (χ3n) is 3.17. The zero-order chi connectivity index (χ0) is 15.8. The fourth-order valence-electron chi connectivity index (χ4n) is 2.16. The fraction of sp³-hybridized carbons (Fsp3) is 0.462. The average molecular weight is 333 g/mol. The van der Waals surface area contributed by atoms with E-state index in [1.807, 2.05) is 0 Å². The summed E-state index contributed by atoms with van der Waals surface area (Å²) < 4.78 is 30.8. The van der Waals surface area contributed by atoms with Gasteiger partial charge in [0, 0.05) is 32.1 Å². The number of hydrogen-bond acceptors (Lipinski definition) is 4. The van der Waals surface area contributed by atoms with Gasteiger partial charge in [-0.15, -0.1) is 0 Å². The maximum absolute atomic E-state index is 12.1. The summed E-state index contributed by atoms with van der Waals surface area (Å²) in [5.41, 5.74) is 0.360. The van der Waals surface area contributed by atoms with E-state index in [-0.39, 0.29) is 18.9 Å². The summed E-state index contributed by atoms with van der Waals surface area (Å²) in [7, 11) is -0.214. The van der Waals surface area contributed by atoms with Crippen molar-refractivity contribution in [1.82, 2.24) is 4.90 Å². The maximum Gasteiger partial charge on any atom is 0.263 e. The number of benzene rings is 1. The number of ether oxygens (including phenoxy) is 1. The molecular formula is C13H17ClN2O4S. The van der Waals surface area contributed by atoms with Crippen molar-refractivity contribution in [3.05, 3.63) is 23.2 Å². The van der Waals surface area contributed by atoms with Gasteiger partial charge in [0.2, 0.25) is 10.0 Å². The zero-order valence-corrected chi connectivity index (χ0v) is 13.6. The molecule has 8 heteroatoms. The summed E-state index contributed by atoms with van der Waals surface area (Å²) in [6.45, 7) is 0.163. The van der Waals surface area contributed by atoms with E-state index in [2.05, 4.69) is 0 Å². The molecule has 2 rings (SSSR count). The van der Waals surface area contributed by atoms with Crippen molar-refractivity contribution in [2.24, 2.45) is 0 Å². The molecule has 0 fully saturated rings. The number of halogens is 1. The largest absolute Gasteiger partial charge is 0.478 e. The Bertz CT molecular complexity index is 660. The molecule has 0 aliphatic carbocycles. The summed E-state index contributed by atoms with van der Waals surface area (Å²) in [4.78, 5) is 13.5. The van der Waals surface area contributed by atoms with E-state index in [1.165, 1.54) is 15.3 Å². The number of amides is 1. The number of sulfonamides is 1. The van der Waals surface area contributed by atoms with Crippen LogP contribution in [0.25, 0.3) is 0 Å². The van der Waals surface area contributed by atoms with Gasteiger partial charge in [-0.3, -0.25) is 9.10 Å². The van der Waals surface area contributed by atoms with Gasteiger partial charge >= 0.3 is 0 Å². The lowest BCUT2D eigenvalue weighted by atomic mass is 10.2. The SMILES string of the molecule is CN(C)C(=O)C1CCN(S(C)(=O)=O)c2cc(Cl)ccc2O1. The molecule has 116 valence electrons. The number of fused-ring (bicyclic) bond motifs is 1. The summed E-state index contributed by atoms with van der Waals surface area (Å²) >= 11 is 5.94. The van der Waals surface area contributed by atoms with Crippen molar-refractivity contribution >= 4 is 33.2 Å². The van der Waals surface area contributed by atoms with Crippen LogP contribution in [0.4, 0.5) is 5.69 Å². The van der Waals surface area contributed by atoms with Gasteiger partial charge in [0.25, 0.3) is 5.91 Å². The third kappa shape index (κ3) is 3.41. The Hall–Kier alpha value is -1.47. The predicted octanol–water partition coefficient (Wildman–Crippen LogP) is 1.35. The third-order valence-corrected chi connectivity index (χ3v) is 4.58. The van der Waals surface area contributed by atoms with E-state index in [1.54, 1.807) is 26.2 Å². The van der Waals surface area contributed by atoms with Crippen LogP contribution >= 0.6 is 11.6 Å². The van der Waals surface area contributed by atoms with Crippen LogP contribution in [0.3, 0.4) is 0 Å². The lowest BCUT2D eigenvalue weighted by Crippen LogP contribution is -2.39. The molecule has 1 amide bonds. The van der Waals surface area contributed by atoms with Crippen LogP contribution in [0.2, 0.25) is 5.02 Å². The lowest BCUT2D eigenvalue weighted by Gasteiger charge is -2.21. The van der Waals surface area contributed by atoms with Crippen LogP contribution in [0.15, 0.2) is 18.2 Å². The van der Waals surface area contributed by atoms with Crippen LogP contribution in [0.5, 0.6) is 5.75 Å². The van der Waals surface area contributed by atoms with Crippen LogP contribution < -0.4 is 9.04 Å². The van der Waals surface area contributed by atoms with E-state index in [4.69, 9.17) is 16.3 Å². The van der Waals surface area contributed by atoms with Gasteiger partial charge < -0.3 is 9.64 Å². The molecule has 1 unspecified atom stereocenters. The minimum Gasteiger partial charge on any atom is -0.478 e. The van der Waals surface area contributed by atoms with Gasteiger partial charge in [-0.25, -0.2) is 8.42 Å². The Labute approximate surface area is 129 Å². The molecule has 1 atom stereocenters. The normalized spacial score (nSPS) is 18.5. The Kier molecular flexibility index (Phi) is 4.34. The van der Waals surface area contributed by atoms with Crippen LogP contribution in [-0.4, -0.2) is 52.2 Å². The zero-order valence-electron chi connectivity index (χ0n) is 12.0. The van der Waals surface area contributed by atoms with Crippen LogP contribution in [0.1, 0.15) is 6.42 Å². The Balaban J connectivity index is 2.47. The maximum atomic E-state index is 12.1. The second kappa shape index (κ2) is 5.73. The highest BCUT2D eigenvalue weighted by atomic mass is 35.5. The lowest BCUT2D eigenvalue weighted by molar-refractivity contribution is -0.136. The van der Waals surface area contributed by atoms with E-state index < -0.39 is 16.1 Å². The van der Waals surface area contributed by atoms with E-state index in [0.717, 1.165) is 6.26 Å². The molecule has 0 N–H and O–H groups in total. The van der Waals surface area contributed by atoms with Gasteiger partial charge in [-0.2, -0.15) is 0 Å². The summed E-state index contributed by atoms with van der Waals surface area (Å²) in [5.74, 6) is 0.133. The molecule has 1 aromatic carbocycles. The number of hydrogen-bond donors (Lipinski definition) is 0. The highest BCUT2D eigenvalue weighted by molar-refractivity contribution is 7.92. The first-order chi connectivity index (χ1) is 9.70. The number of rotatable bonds is 2. The Morgan fingerprint density at radius 3 is 2.67 bits per heavy atom. The number of likely N-dealkylation sites (N-methyl/N-ethyl adjacent to an activating group) is 1. The molecule has 0 aromatic heterocycles. The topological polar surface area (TPSA) is 66.9 Å². The van der Waals surface area contributed by atoms with Crippen molar-refractivity contribution in [1.29, 1.82) is 0 Å². The first kappa shape index (κ1) is 15.9. The van der Waals surface area contributed by atoms with Gasteiger partial charge in [-0.1, -0.05) is 11.6 Å². The van der Waals surface area contributed by atoms with E-state index >= 15 is 0 Å². The van der Waals surface area contributed by atoms with Crippen molar-refractivity contribution in [3.63, 3.8) is 0 Å². The highest BCUT2D eigenvalue weighted by Gasteiger charge is 2.31. The van der Waals surface area contributed by atoms with E-state index in [9.17, 15) is 13.2 Å².